The molecule has 0 saturated heterocycles. The van der Waals surface area contributed by atoms with Gasteiger partial charge in [-0.3, -0.25) is 0 Å². The summed E-state index contributed by atoms with van der Waals surface area (Å²) in [6, 6.07) is 35.2. The summed E-state index contributed by atoms with van der Waals surface area (Å²) in [7, 11) is 0. The standard InChI is InChI=1S/C29H27F/c1-22(26-5-3-2-4-6-26)21-25-11-17-28(18-12-25)27-15-9-23(10-16-27)7-8-24-13-19-29(30)20-14-24/h2-6,9-20,22H,7-8,21H2,1H3/t22-/m1/s1. The highest BCUT2D eigenvalue weighted by Crippen LogP contribution is 2.24. The van der Waals surface area contributed by atoms with E-state index in [4.69, 9.17) is 0 Å². The molecular weight excluding hydrogens is 367 g/mol. The number of aryl methyl sites for hydroxylation is 2. The van der Waals surface area contributed by atoms with Crippen LogP contribution in [0.2, 0.25) is 0 Å². The lowest BCUT2D eigenvalue weighted by Crippen LogP contribution is -1.98. The van der Waals surface area contributed by atoms with Gasteiger partial charge in [0.2, 0.25) is 0 Å². The lowest BCUT2D eigenvalue weighted by atomic mass is 9.93. The fourth-order valence-electron chi connectivity index (χ4n) is 3.89. The lowest BCUT2D eigenvalue weighted by molar-refractivity contribution is 0.627. The normalized spacial score (nSPS) is 11.9. The lowest BCUT2D eigenvalue weighted by Gasteiger charge is -2.12. The van der Waals surface area contributed by atoms with E-state index in [-0.39, 0.29) is 5.82 Å². The molecule has 0 radical (unpaired) electrons. The van der Waals surface area contributed by atoms with Gasteiger partial charge in [-0.05, 0) is 70.7 Å². The molecule has 30 heavy (non-hydrogen) atoms. The molecule has 0 aliphatic carbocycles. The molecule has 0 nitrogen and oxygen atoms in total. The van der Waals surface area contributed by atoms with Crippen LogP contribution in [0.25, 0.3) is 11.1 Å². The van der Waals surface area contributed by atoms with Gasteiger partial charge in [-0.25, -0.2) is 4.39 Å². The van der Waals surface area contributed by atoms with E-state index in [9.17, 15) is 4.39 Å². The zero-order valence-corrected chi connectivity index (χ0v) is 17.4. The van der Waals surface area contributed by atoms with E-state index < -0.39 is 0 Å². The number of halogens is 1. The highest BCUT2D eigenvalue weighted by Gasteiger charge is 2.07. The summed E-state index contributed by atoms with van der Waals surface area (Å²) >= 11 is 0. The van der Waals surface area contributed by atoms with Crippen molar-refractivity contribution in [1.29, 1.82) is 0 Å². The number of rotatable bonds is 7. The third-order valence-corrected chi connectivity index (χ3v) is 5.77. The maximum atomic E-state index is 13.0. The minimum Gasteiger partial charge on any atom is -0.207 e. The first-order valence-corrected chi connectivity index (χ1v) is 10.6. The van der Waals surface area contributed by atoms with Crippen LogP contribution in [0.5, 0.6) is 0 Å². The van der Waals surface area contributed by atoms with Crippen LogP contribution in [0.4, 0.5) is 4.39 Å². The van der Waals surface area contributed by atoms with Gasteiger partial charge in [0.15, 0.2) is 0 Å². The fourth-order valence-corrected chi connectivity index (χ4v) is 3.89. The number of benzene rings is 4. The van der Waals surface area contributed by atoms with Crippen LogP contribution in [0, 0.1) is 5.82 Å². The smallest absolute Gasteiger partial charge is 0.123 e. The van der Waals surface area contributed by atoms with Gasteiger partial charge in [0, 0.05) is 0 Å². The van der Waals surface area contributed by atoms with Gasteiger partial charge in [0.1, 0.15) is 5.82 Å². The Kier molecular flexibility index (Phi) is 6.39. The minimum atomic E-state index is -0.177. The van der Waals surface area contributed by atoms with Crippen molar-refractivity contribution in [2.75, 3.05) is 0 Å². The van der Waals surface area contributed by atoms with Gasteiger partial charge in [-0.15, -0.1) is 0 Å². The maximum absolute atomic E-state index is 13.0. The topological polar surface area (TPSA) is 0 Å². The van der Waals surface area contributed by atoms with Gasteiger partial charge in [-0.1, -0.05) is 97.9 Å². The van der Waals surface area contributed by atoms with Crippen molar-refractivity contribution in [2.45, 2.75) is 32.1 Å². The summed E-state index contributed by atoms with van der Waals surface area (Å²) in [5.41, 5.74) is 7.71. The quantitative estimate of drug-likeness (QED) is 0.302. The molecule has 0 aromatic heterocycles. The first-order valence-electron chi connectivity index (χ1n) is 10.6. The first-order chi connectivity index (χ1) is 14.7. The Morgan fingerprint density at radius 2 is 1.03 bits per heavy atom. The predicted molar refractivity (Wildman–Crippen MR) is 124 cm³/mol. The number of hydrogen-bond donors (Lipinski definition) is 0. The van der Waals surface area contributed by atoms with Crippen molar-refractivity contribution in [3.8, 4) is 11.1 Å². The molecule has 150 valence electrons. The fraction of sp³-hybridized carbons (Fsp3) is 0.172. The Morgan fingerprint density at radius 1 is 0.567 bits per heavy atom. The van der Waals surface area contributed by atoms with Crippen LogP contribution in [-0.4, -0.2) is 0 Å². The zero-order chi connectivity index (χ0) is 20.8. The summed E-state index contributed by atoms with van der Waals surface area (Å²) in [6.07, 6.45) is 2.93. The SMILES string of the molecule is C[C@H](Cc1ccc(-c2ccc(CCc3ccc(F)cc3)cc2)cc1)c1ccccc1. The molecule has 0 fully saturated rings. The van der Waals surface area contributed by atoms with E-state index in [2.05, 4.69) is 85.8 Å². The molecule has 0 unspecified atom stereocenters. The molecule has 0 bridgehead atoms. The van der Waals surface area contributed by atoms with Crippen LogP contribution in [0.1, 0.15) is 35.1 Å². The molecule has 1 heteroatoms. The molecule has 0 aliphatic rings. The van der Waals surface area contributed by atoms with Crippen molar-refractivity contribution in [3.63, 3.8) is 0 Å². The molecule has 4 aromatic carbocycles. The van der Waals surface area contributed by atoms with E-state index >= 15 is 0 Å². The van der Waals surface area contributed by atoms with Gasteiger partial charge < -0.3 is 0 Å². The van der Waals surface area contributed by atoms with Crippen molar-refractivity contribution < 1.29 is 4.39 Å². The Bertz CT molecular complexity index is 1050. The summed E-state index contributed by atoms with van der Waals surface area (Å²) in [4.78, 5) is 0. The third-order valence-electron chi connectivity index (χ3n) is 5.77. The van der Waals surface area contributed by atoms with E-state index in [1.165, 1.54) is 45.5 Å². The second-order valence-corrected chi connectivity index (χ2v) is 8.04. The Morgan fingerprint density at radius 3 is 1.57 bits per heavy atom. The molecule has 0 heterocycles. The molecule has 0 saturated carbocycles. The van der Waals surface area contributed by atoms with Crippen molar-refractivity contribution >= 4 is 0 Å². The molecular formula is C29H27F. The molecule has 1 atom stereocenters. The van der Waals surface area contributed by atoms with Crippen LogP contribution >= 0.6 is 0 Å². The van der Waals surface area contributed by atoms with Crippen LogP contribution in [0.15, 0.2) is 103 Å². The second kappa shape index (κ2) is 9.54. The Labute approximate surface area is 179 Å². The van der Waals surface area contributed by atoms with Gasteiger partial charge in [0.25, 0.3) is 0 Å². The van der Waals surface area contributed by atoms with Crippen LogP contribution in [-0.2, 0) is 19.3 Å². The molecule has 0 aliphatic heterocycles. The molecule has 0 spiro atoms. The van der Waals surface area contributed by atoms with E-state index in [1.54, 1.807) is 0 Å². The van der Waals surface area contributed by atoms with E-state index in [1.807, 2.05) is 12.1 Å². The summed E-state index contributed by atoms with van der Waals surface area (Å²) in [5.74, 6) is 0.334. The first kappa shape index (κ1) is 20.1. The minimum absolute atomic E-state index is 0.177. The molecule has 0 amide bonds. The van der Waals surface area contributed by atoms with E-state index in [0.29, 0.717) is 5.92 Å². The Hall–Kier alpha value is -3.19. The molecule has 0 N–H and O–H groups in total. The highest BCUT2D eigenvalue weighted by atomic mass is 19.1. The van der Waals surface area contributed by atoms with Gasteiger partial charge in [0.05, 0.1) is 0 Å². The van der Waals surface area contributed by atoms with Crippen LogP contribution in [0.3, 0.4) is 0 Å². The van der Waals surface area contributed by atoms with Crippen molar-refractivity contribution in [2.24, 2.45) is 0 Å². The largest absolute Gasteiger partial charge is 0.207 e. The molecule has 4 aromatic rings. The Balaban J connectivity index is 1.36. The predicted octanol–water partition coefficient (Wildman–Crippen LogP) is 7.62. The van der Waals surface area contributed by atoms with Crippen molar-refractivity contribution in [1.82, 2.24) is 0 Å². The van der Waals surface area contributed by atoms with Crippen molar-refractivity contribution in [3.05, 3.63) is 131 Å². The monoisotopic (exact) mass is 394 g/mol. The number of hydrogen-bond acceptors (Lipinski definition) is 0. The van der Waals surface area contributed by atoms with Gasteiger partial charge >= 0.3 is 0 Å². The maximum Gasteiger partial charge on any atom is 0.123 e. The summed E-state index contributed by atoms with van der Waals surface area (Å²) in [6.45, 7) is 2.29. The second-order valence-electron chi connectivity index (χ2n) is 8.04. The van der Waals surface area contributed by atoms with Crippen LogP contribution < -0.4 is 0 Å². The summed E-state index contributed by atoms with van der Waals surface area (Å²) in [5, 5.41) is 0. The van der Waals surface area contributed by atoms with E-state index in [0.717, 1.165) is 19.3 Å². The average Bonchev–Trinajstić information content (AvgIpc) is 2.80. The highest BCUT2D eigenvalue weighted by molar-refractivity contribution is 5.64. The van der Waals surface area contributed by atoms with Gasteiger partial charge in [-0.2, -0.15) is 0 Å². The third kappa shape index (κ3) is 5.24. The molecule has 4 rings (SSSR count). The average molecular weight is 395 g/mol. The zero-order valence-electron chi connectivity index (χ0n) is 17.4. The summed E-state index contributed by atoms with van der Waals surface area (Å²) < 4.78 is 13.0.